The Balaban J connectivity index is 2.65. The maximum atomic E-state index is 5.91. The number of methoxy groups -OCH3 is 1. The summed E-state index contributed by atoms with van der Waals surface area (Å²) in [5, 5.41) is 3.53. The highest BCUT2D eigenvalue weighted by molar-refractivity contribution is 5.48. The van der Waals surface area contributed by atoms with Crippen molar-refractivity contribution in [3.05, 3.63) is 24.3 Å². The minimum atomic E-state index is -0.0428. The Hall–Kier alpha value is -1.22. The number of nitrogens with one attached hydrogen (secondary N) is 1. The smallest absolute Gasteiger partial charge is 0.119 e. The zero-order valence-electron chi connectivity index (χ0n) is 12.0. The van der Waals surface area contributed by atoms with Crippen molar-refractivity contribution in [2.24, 2.45) is 11.7 Å². The molecule has 0 saturated heterocycles. The second kappa shape index (κ2) is 6.64. The van der Waals surface area contributed by atoms with E-state index in [4.69, 9.17) is 10.5 Å². The molecule has 3 N–H and O–H groups in total. The van der Waals surface area contributed by atoms with E-state index in [0.29, 0.717) is 12.5 Å². The van der Waals surface area contributed by atoms with Gasteiger partial charge in [0.2, 0.25) is 0 Å². The number of anilines is 1. The molecule has 0 radical (unpaired) electrons. The molecule has 1 aromatic carbocycles. The molecule has 0 saturated carbocycles. The molecule has 0 spiro atoms. The Kier molecular flexibility index (Phi) is 5.48. The summed E-state index contributed by atoms with van der Waals surface area (Å²) >= 11 is 0. The van der Waals surface area contributed by atoms with E-state index in [1.54, 1.807) is 7.11 Å². The Bertz CT molecular complexity index is 348. The second-order valence-electron chi connectivity index (χ2n) is 5.55. The van der Waals surface area contributed by atoms with Crippen LogP contribution in [0.25, 0.3) is 0 Å². The summed E-state index contributed by atoms with van der Waals surface area (Å²) < 4.78 is 5.15. The van der Waals surface area contributed by atoms with Crippen molar-refractivity contribution in [1.82, 2.24) is 0 Å². The van der Waals surface area contributed by atoms with Crippen LogP contribution in [0.15, 0.2) is 24.3 Å². The molecule has 0 heterocycles. The van der Waals surface area contributed by atoms with Crippen LogP contribution in [0.4, 0.5) is 5.69 Å². The third-order valence-corrected chi connectivity index (χ3v) is 3.26. The lowest BCUT2D eigenvalue weighted by atomic mass is 9.91. The minimum absolute atomic E-state index is 0.0428. The molecule has 0 aliphatic heterocycles. The fourth-order valence-corrected chi connectivity index (χ4v) is 1.85. The van der Waals surface area contributed by atoms with E-state index in [9.17, 15) is 0 Å². The average molecular weight is 250 g/mol. The van der Waals surface area contributed by atoms with Crippen LogP contribution in [0, 0.1) is 5.92 Å². The highest BCUT2D eigenvalue weighted by atomic mass is 16.5. The molecule has 0 aliphatic rings. The molecule has 3 nitrogen and oxygen atoms in total. The molecule has 0 amide bonds. The van der Waals surface area contributed by atoms with Crippen molar-refractivity contribution in [1.29, 1.82) is 0 Å². The van der Waals surface area contributed by atoms with Gasteiger partial charge in [-0.25, -0.2) is 0 Å². The summed E-state index contributed by atoms with van der Waals surface area (Å²) in [6.45, 7) is 7.29. The molecule has 18 heavy (non-hydrogen) atoms. The van der Waals surface area contributed by atoms with Crippen LogP contribution >= 0.6 is 0 Å². The van der Waals surface area contributed by atoms with E-state index in [2.05, 4.69) is 26.1 Å². The quantitative estimate of drug-likeness (QED) is 0.781. The van der Waals surface area contributed by atoms with Crippen LogP contribution in [0.1, 0.15) is 33.6 Å². The number of nitrogens with two attached hydrogens (primary N) is 1. The maximum absolute atomic E-state index is 5.91. The number of rotatable bonds is 7. The maximum Gasteiger partial charge on any atom is 0.119 e. The molecule has 1 atom stereocenters. The van der Waals surface area contributed by atoms with Gasteiger partial charge in [-0.2, -0.15) is 0 Å². The fraction of sp³-hybridized carbons (Fsp3) is 0.600. The summed E-state index contributed by atoms with van der Waals surface area (Å²) in [5.74, 6) is 1.57. The molecule has 3 heteroatoms. The van der Waals surface area contributed by atoms with Gasteiger partial charge in [0.05, 0.1) is 7.11 Å². The van der Waals surface area contributed by atoms with Gasteiger partial charge in [-0.15, -0.1) is 0 Å². The van der Waals surface area contributed by atoms with Crippen molar-refractivity contribution >= 4 is 5.69 Å². The van der Waals surface area contributed by atoms with Gasteiger partial charge >= 0.3 is 0 Å². The number of hydrogen-bond acceptors (Lipinski definition) is 3. The van der Waals surface area contributed by atoms with E-state index < -0.39 is 0 Å². The number of benzene rings is 1. The lowest BCUT2D eigenvalue weighted by Gasteiger charge is -2.31. The minimum Gasteiger partial charge on any atom is -0.497 e. The van der Waals surface area contributed by atoms with Crippen LogP contribution in [-0.4, -0.2) is 19.2 Å². The molecule has 1 rings (SSSR count). The van der Waals surface area contributed by atoms with Crippen LogP contribution < -0.4 is 15.8 Å². The average Bonchev–Trinajstić information content (AvgIpc) is 2.37. The van der Waals surface area contributed by atoms with Crippen molar-refractivity contribution in [3.8, 4) is 5.75 Å². The summed E-state index contributed by atoms with van der Waals surface area (Å²) in [4.78, 5) is 0. The Morgan fingerprint density at radius 2 is 1.89 bits per heavy atom. The predicted molar refractivity (Wildman–Crippen MR) is 78.1 cm³/mol. The zero-order valence-corrected chi connectivity index (χ0v) is 12.0. The Morgan fingerprint density at radius 1 is 1.28 bits per heavy atom. The van der Waals surface area contributed by atoms with E-state index in [1.807, 2.05) is 24.3 Å². The summed E-state index contributed by atoms with van der Waals surface area (Å²) in [5.41, 5.74) is 6.96. The van der Waals surface area contributed by atoms with E-state index in [1.165, 1.54) is 6.42 Å². The summed E-state index contributed by atoms with van der Waals surface area (Å²) in [7, 11) is 1.68. The Labute approximate surface area is 111 Å². The molecule has 0 aromatic heterocycles. The standard InChI is InChI=1S/C15H26N2O/c1-12(2)9-10-15(3,11-16)17-13-5-7-14(18-4)8-6-13/h5-8,12,17H,9-11,16H2,1-4H3. The topological polar surface area (TPSA) is 47.3 Å². The molecular weight excluding hydrogens is 224 g/mol. The molecule has 0 aliphatic carbocycles. The molecule has 0 fully saturated rings. The van der Waals surface area contributed by atoms with Crippen LogP contribution in [0.3, 0.4) is 0 Å². The lowest BCUT2D eigenvalue weighted by molar-refractivity contribution is 0.413. The SMILES string of the molecule is COc1ccc(NC(C)(CN)CCC(C)C)cc1. The zero-order chi connectivity index (χ0) is 13.6. The normalized spacial score (nSPS) is 14.3. The van der Waals surface area contributed by atoms with Gasteiger partial charge in [0.15, 0.2) is 0 Å². The first kappa shape index (κ1) is 14.8. The highest BCUT2D eigenvalue weighted by Gasteiger charge is 2.22. The first-order valence-corrected chi connectivity index (χ1v) is 6.61. The predicted octanol–water partition coefficient (Wildman–Crippen LogP) is 3.26. The number of hydrogen-bond donors (Lipinski definition) is 2. The molecule has 1 unspecified atom stereocenters. The molecule has 102 valence electrons. The third-order valence-electron chi connectivity index (χ3n) is 3.26. The number of ether oxygens (including phenoxy) is 1. The van der Waals surface area contributed by atoms with Crippen molar-refractivity contribution in [2.75, 3.05) is 19.0 Å². The largest absolute Gasteiger partial charge is 0.497 e. The van der Waals surface area contributed by atoms with Gasteiger partial charge in [-0.05, 0) is 49.9 Å². The van der Waals surface area contributed by atoms with E-state index >= 15 is 0 Å². The summed E-state index contributed by atoms with van der Waals surface area (Å²) in [6.07, 6.45) is 2.25. The van der Waals surface area contributed by atoms with E-state index in [-0.39, 0.29) is 5.54 Å². The van der Waals surface area contributed by atoms with Crippen LogP contribution in [0.5, 0.6) is 5.75 Å². The van der Waals surface area contributed by atoms with Crippen molar-refractivity contribution in [3.63, 3.8) is 0 Å². The Morgan fingerprint density at radius 3 is 2.33 bits per heavy atom. The highest BCUT2D eigenvalue weighted by Crippen LogP contribution is 2.23. The first-order chi connectivity index (χ1) is 8.49. The lowest BCUT2D eigenvalue weighted by Crippen LogP contribution is -2.42. The summed E-state index contributed by atoms with van der Waals surface area (Å²) in [6, 6.07) is 7.98. The molecular formula is C15H26N2O. The second-order valence-corrected chi connectivity index (χ2v) is 5.55. The van der Waals surface area contributed by atoms with Crippen LogP contribution in [-0.2, 0) is 0 Å². The molecule has 0 bridgehead atoms. The monoisotopic (exact) mass is 250 g/mol. The van der Waals surface area contributed by atoms with Crippen molar-refractivity contribution < 1.29 is 4.74 Å². The van der Waals surface area contributed by atoms with Crippen molar-refractivity contribution in [2.45, 2.75) is 39.2 Å². The van der Waals surface area contributed by atoms with Gasteiger partial charge in [0.1, 0.15) is 5.75 Å². The third kappa shape index (κ3) is 4.57. The fourth-order valence-electron chi connectivity index (χ4n) is 1.85. The van der Waals surface area contributed by atoms with Gasteiger partial charge in [0, 0.05) is 17.8 Å². The van der Waals surface area contributed by atoms with E-state index in [0.717, 1.165) is 17.9 Å². The van der Waals surface area contributed by atoms with Crippen LogP contribution in [0.2, 0.25) is 0 Å². The van der Waals surface area contributed by atoms with Gasteiger partial charge in [-0.1, -0.05) is 13.8 Å². The van der Waals surface area contributed by atoms with Gasteiger partial charge in [-0.3, -0.25) is 0 Å². The van der Waals surface area contributed by atoms with Gasteiger partial charge in [0.25, 0.3) is 0 Å². The van der Waals surface area contributed by atoms with Gasteiger partial charge < -0.3 is 15.8 Å². The molecule has 1 aromatic rings. The first-order valence-electron chi connectivity index (χ1n) is 6.61.